The van der Waals surface area contributed by atoms with Gasteiger partial charge in [-0.05, 0) is 25.8 Å². The summed E-state index contributed by atoms with van der Waals surface area (Å²) in [4.78, 5) is 0. The molecule has 2 aliphatic rings. The fraction of sp³-hybridized carbons (Fsp3) is 0.750. The molecule has 28 heavy (non-hydrogen) atoms. The summed E-state index contributed by atoms with van der Waals surface area (Å²) >= 11 is 0. The van der Waals surface area contributed by atoms with Gasteiger partial charge in [-0.3, -0.25) is 0 Å². The molecule has 0 radical (unpaired) electrons. The van der Waals surface area contributed by atoms with Crippen LogP contribution in [0.3, 0.4) is 0 Å². The van der Waals surface area contributed by atoms with Gasteiger partial charge in [0.15, 0.2) is 0 Å². The highest BCUT2D eigenvalue weighted by Crippen LogP contribution is 2.35. The van der Waals surface area contributed by atoms with Crippen LogP contribution in [0.1, 0.15) is 77.4 Å². The van der Waals surface area contributed by atoms with Crippen molar-refractivity contribution in [1.82, 2.24) is 0 Å². The van der Waals surface area contributed by atoms with Crippen LogP contribution in [0.25, 0.3) is 0 Å². The quantitative estimate of drug-likeness (QED) is 0.301. The zero-order chi connectivity index (χ0) is 20.0. The van der Waals surface area contributed by atoms with Gasteiger partial charge in [0, 0.05) is 13.2 Å². The minimum Gasteiger partial charge on any atom is -0.382 e. The fourth-order valence-corrected chi connectivity index (χ4v) is 3.38. The molecule has 0 saturated carbocycles. The molecule has 0 N–H and O–H groups in total. The molecule has 0 amide bonds. The van der Waals surface area contributed by atoms with Gasteiger partial charge >= 0.3 is 0 Å². The van der Waals surface area contributed by atoms with Crippen LogP contribution in [0, 0.1) is 0 Å². The van der Waals surface area contributed by atoms with Gasteiger partial charge < -0.3 is 18.9 Å². The lowest BCUT2D eigenvalue weighted by Gasteiger charge is -2.23. The standard InChI is InChI=1S/C20H30O3.C4H10O/c1-2-3-4-5-6-10-13-17(18-14-21-18)23-20(19-15-22-19)16-11-8-7-9-12-16;1-3-5-4-2/h7-9,11-12,17-20H,2-6,10,13-15H2,1H3;3-4H2,1-2H3. The summed E-state index contributed by atoms with van der Waals surface area (Å²) in [5.74, 6) is 0. The van der Waals surface area contributed by atoms with Crippen LogP contribution in [0.5, 0.6) is 0 Å². The van der Waals surface area contributed by atoms with Crippen LogP contribution >= 0.6 is 0 Å². The van der Waals surface area contributed by atoms with E-state index in [9.17, 15) is 0 Å². The summed E-state index contributed by atoms with van der Waals surface area (Å²) in [5.41, 5.74) is 1.23. The number of unbranched alkanes of at least 4 members (excludes halogenated alkanes) is 5. The van der Waals surface area contributed by atoms with Crippen molar-refractivity contribution in [2.24, 2.45) is 0 Å². The Labute approximate surface area is 171 Å². The zero-order valence-electron chi connectivity index (χ0n) is 18.1. The topological polar surface area (TPSA) is 43.5 Å². The molecule has 4 unspecified atom stereocenters. The molecule has 0 spiro atoms. The molecule has 2 heterocycles. The van der Waals surface area contributed by atoms with Gasteiger partial charge in [0.2, 0.25) is 0 Å². The molecule has 4 nitrogen and oxygen atoms in total. The van der Waals surface area contributed by atoms with Crippen molar-refractivity contribution in [3.63, 3.8) is 0 Å². The largest absolute Gasteiger partial charge is 0.382 e. The minimum absolute atomic E-state index is 0.0606. The third-order valence-electron chi connectivity index (χ3n) is 5.17. The Morgan fingerprint density at radius 1 is 0.857 bits per heavy atom. The Hall–Kier alpha value is -0.940. The van der Waals surface area contributed by atoms with E-state index >= 15 is 0 Å². The van der Waals surface area contributed by atoms with Crippen molar-refractivity contribution in [2.75, 3.05) is 26.4 Å². The summed E-state index contributed by atoms with van der Waals surface area (Å²) in [6, 6.07) is 10.5. The maximum Gasteiger partial charge on any atom is 0.111 e. The van der Waals surface area contributed by atoms with Crippen molar-refractivity contribution < 1.29 is 18.9 Å². The Bertz CT molecular complexity index is 483. The zero-order valence-corrected chi connectivity index (χ0v) is 18.1. The lowest BCUT2D eigenvalue weighted by atomic mass is 10.0. The van der Waals surface area contributed by atoms with Crippen molar-refractivity contribution >= 4 is 0 Å². The van der Waals surface area contributed by atoms with Gasteiger partial charge in [0.05, 0.1) is 19.3 Å². The molecule has 0 bridgehead atoms. The van der Waals surface area contributed by atoms with Crippen molar-refractivity contribution in [2.45, 2.75) is 90.1 Å². The highest BCUT2D eigenvalue weighted by Gasteiger charge is 2.40. The van der Waals surface area contributed by atoms with Crippen LogP contribution in [0.2, 0.25) is 0 Å². The average molecular weight is 393 g/mol. The Balaban J connectivity index is 0.000000500. The number of ether oxygens (including phenoxy) is 4. The smallest absolute Gasteiger partial charge is 0.111 e. The molecular weight excluding hydrogens is 352 g/mol. The number of epoxide rings is 2. The first-order valence-corrected chi connectivity index (χ1v) is 11.3. The summed E-state index contributed by atoms with van der Waals surface area (Å²) in [6.07, 6.45) is 9.84. The van der Waals surface area contributed by atoms with Gasteiger partial charge in [0.25, 0.3) is 0 Å². The molecule has 2 saturated heterocycles. The Kier molecular flexibility index (Phi) is 11.8. The van der Waals surface area contributed by atoms with Gasteiger partial charge in [-0.2, -0.15) is 0 Å². The normalized spacial score (nSPS) is 22.1. The number of hydrogen-bond acceptors (Lipinski definition) is 4. The third kappa shape index (κ3) is 9.51. The molecule has 2 aliphatic heterocycles. The molecule has 4 atom stereocenters. The highest BCUT2D eigenvalue weighted by atomic mass is 16.6. The predicted octanol–water partition coefficient (Wildman–Crippen LogP) is 5.70. The van der Waals surface area contributed by atoms with Crippen LogP contribution in [-0.2, 0) is 18.9 Å². The molecule has 0 aromatic heterocycles. The van der Waals surface area contributed by atoms with E-state index in [4.69, 9.17) is 18.9 Å². The van der Waals surface area contributed by atoms with Crippen LogP contribution in [-0.4, -0.2) is 44.7 Å². The van der Waals surface area contributed by atoms with E-state index in [2.05, 4.69) is 31.2 Å². The first-order chi connectivity index (χ1) is 13.8. The number of rotatable bonds is 14. The monoisotopic (exact) mass is 392 g/mol. The van der Waals surface area contributed by atoms with E-state index in [0.29, 0.717) is 6.10 Å². The van der Waals surface area contributed by atoms with Gasteiger partial charge in [-0.1, -0.05) is 75.8 Å². The molecule has 160 valence electrons. The van der Waals surface area contributed by atoms with E-state index in [0.717, 1.165) is 32.8 Å². The average Bonchev–Trinajstić information content (AvgIpc) is 3.62. The summed E-state index contributed by atoms with van der Waals surface area (Å²) in [6.45, 7) is 9.60. The summed E-state index contributed by atoms with van der Waals surface area (Å²) in [7, 11) is 0. The number of benzene rings is 1. The second-order valence-electron chi connectivity index (χ2n) is 7.59. The summed E-state index contributed by atoms with van der Waals surface area (Å²) in [5, 5.41) is 0. The molecule has 1 aromatic rings. The molecule has 0 aliphatic carbocycles. The molecule has 3 rings (SSSR count). The molecule has 1 aromatic carbocycles. The third-order valence-corrected chi connectivity index (χ3v) is 5.17. The molecule has 2 fully saturated rings. The minimum atomic E-state index is 0.0606. The van der Waals surface area contributed by atoms with Gasteiger partial charge in [-0.15, -0.1) is 0 Å². The molecule has 4 heteroatoms. The van der Waals surface area contributed by atoms with Gasteiger partial charge in [-0.25, -0.2) is 0 Å². The Morgan fingerprint density at radius 3 is 2.00 bits per heavy atom. The second-order valence-corrected chi connectivity index (χ2v) is 7.59. The van der Waals surface area contributed by atoms with E-state index in [1.807, 2.05) is 19.9 Å². The lowest BCUT2D eigenvalue weighted by molar-refractivity contribution is -0.0444. The molecular formula is C24H40O4. The maximum atomic E-state index is 6.46. The maximum absolute atomic E-state index is 6.46. The second kappa shape index (κ2) is 14.1. The van der Waals surface area contributed by atoms with Crippen LogP contribution in [0.15, 0.2) is 30.3 Å². The Morgan fingerprint density at radius 2 is 1.46 bits per heavy atom. The fourth-order valence-electron chi connectivity index (χ4n) is 3.38. The van der Waals surface area contributed by atoms with Crippen LogP contribution in [0.4, 0.5) is 0 Å². The van der Waals surface area contributed by atoms with E-state index < -0.39 is 0 Å². The summed E-state index contributed by atoms with van der Waals surface area (Å²) < 4.78 is 22.4. The van der Waals surface area contributed by atoms with Gasteiger partial charge in [0.1, 0.15) is 18.3 Å². The predicted molar refractivity (Wildman–Crippen MR) is 114 cm³/mol. The first kappa shape index (κ1) is 23.3. The van der Waals surface area contributed by atoms with Crippen molar-refractivity contribution in [3.8, 4) is 0 Å². The van der Waals surface area contributed by atoms with E-state index in [1.165, 1.54) is 44.1 Å². The SMILES string of the molecule is CCCCCCCCC(OC(c1ccccc1)C1CO1)C1CO1.CCOCC. The highest BCUT2D eigenvalue weighted by molar-refractivity contribution is 5.20. The number of hydrogen-bond donors (Lipinski definition) is 0. The van der Waals surface area contributed by atoms with Crippen LogP contribution < -0.4 is 0 Å². The van der Waals surface area contributed by atoms with E-state index in [1.54, 1.807) is 0 Å². The lowest BCUT2D eigenvalue weighted by Crippen LogP contribution is -2.25. The van der Waals surface area contributed by atoms with Crippen molar-refractivity contribution in [3.05, 3.63) is 35.9 Å². The first-order valence-electron chi connectivity index (χ1n) is 11.3. The van der Waals surface area contributed by atoms with E-state index in [-0.39, 0.29) is 18.3 Å². The van der Waals surface area contributed by atoms with Crippen molar-refractivity contribution in [1.29, 1.82) is 0 Å².